The maximum Gasteiger partial charge on any atom is 0.338 e. The molecule has 3 aromatic carbocycles. The summed E-state index contributed by atoms with van der Waals surface area (Å²) < 4.78 is 5.05. The molecule has 0 bridgehead atoms. The molecule has 0 saturated heterocycles. The average molecular weight is 500 g/mol. The summed E-state index contributed by atoms with van der Waals surface area (Å²) in [5.41, 5.74) is 3.45. The van der Waals surface area contributed by atoms with Gasteiger partial charge in [0, 0.05) is 24.1 Å². The van der Waals surface area contributed by atoms with Crippen molar-refractivity contribution in [3.8, 4) is 0 Å². The summed E-state index contributed by atoms with van der Waals surface area (Å²) in [4.78, 5) is 25.0. The summed E-state index contributed by atoms with van der Waals surface area (Å²) in [5.74, 6) is -0.744. The monoisotopic (exact) mass is 499 g/mol. The minimum Gasteiger partial charge on any atom is -0.457 e. The molecule has 5 heteroatoms. The Morgan fingerprint density at radius 2 is 1.59 bits per heavy atom. The van der Waals surface area contributed by atoms with E-state index >= 15 is 0 Å². The number of carbonyl (C=O) groups is 2. The average Bonchev–Trinajstić information content (AvgIpc) is 3.22. The molecule has 0 fully saturated rings. The lowest BCUT2D eigenvalue weighted by molar-refractivity contribution is 0.0136. The van der Waals surface area contributed by atoms with Gasteiger partial charge in [-0.3, -0.25) is 4.79 Å². The topological polar surface area (TPSA) is 75.6 Å². The smallest absolute Gasteiger partial charge is 0.338 e. The van der Waals surface area contributed by atoms with Crippen molar-refractivity contribution in [2.45, 2.75) is 70.5 Å². The molecule has 194 valence electrons. The molecule has 1 atom stereocenters. The van der Waals surface area contributed by atoms with Crippen LogP contribution in [0.1, 0.15) is 84.0 Å². The summed E-state index contributed by atoms with van der Waals surface area (Å²) in [6.07, 6.45) is 0.840. The molecule has 1 heterocycles. The molecule has 2 N–H and O–H groups in total. The molecule has 0 spiro atoms. The molecular weight excluding hydrogens is 462 g/mol. The summed E-state index contributed by atoms with van der Waals surface area (Å²) in [6.45, 7) is 11.1. The standard InChI is InChI=1S/C32H37NO4/c1-30(2,3)25-15-11-22(12-16-25)18-32(36,20-31(4,5)26-9-7-6-8-10-26)21-33-28(34)23-13-14-24-19-37-29(35)27(24)17-23/h6-17,36H,18-21H2,1-5H3,(H,33,34). The van der Waals surface area contributed by atoms with Crippen LogP contribution >= 0.6 is 0 Å². The van der Waals surface area contributed by atoms with Crippen LogP contribution in [0.3, 0.4) is 0 Å². The van der Waals surface area contributed by atoms with Crippen LogP contribution in [0.2, 0.25) is 0 Å². The molecule has 3 aromatic rings. The third-order valence-corrected chi connectivity index (χ3v) is 7.21. The number of amides is 1. The first-order valence-electron chi connectivity index (χ1n) is 12.8. The fourth-order valence-electron chi connectivity index (χ4n) is 5.11. The predicted octanol–water partition coefficient (Wildman–Crippen LogP) is 5.73. The van der Waals surface area contributed by atoms with E-state index in [4.69, 9.17) is 4.74 Å². The van der Waals surface area contributed by atoms with Crippen molar-refractivity contribution in [2.75, 3.05) is 6.54 Å². The number of esters is 1. The first-order valence-corrected chi connectivity index (χ1v) is 12.8. The van der Waals surface area contributed by atoms with E-state index in [9.17, 15) is 14.7 Å². The Labute approximate surface area is 219 Å². The lowest BCUT2D eigenvalue weighted by Crippen LogP contribution is -2.48. The van der Waals surface area contributed by atoms with Crippen LogP contribution in [0.5, 0.6) is 0 Å². The van der Waals surface area contributed by atoms with Gasteiger partial charge in [0.15, 0.2) is 0 Å². The molecule has 37 heavy (non-hydrogen) atoms. The molecule has 0 radical (unpaired) electrons. The largest absolute Gasteiger partial charge is 0.457 e. The van der Waals surface area contributed by atoms with Gasteiger partial charge in [0.1, 0.15) is 6.61 Å². The van der Waals surface area contributed by atoms with Gasteiger partial charge in [-0.15, -0.1) is 0 Å². The lowest BCUT2D eigenvalue weighted by atomic mass is 9.73. The number of nitrogens with one attached hydrogen (secondary N) is 1. The Bertz CT molecular complexity index is 1270. The minimum atomic E-state index is -1.20. The van der Waals surface area contributed by atoms with Gasteiger partial charge in [0.2, 0.25) is 0 Å². The third-order valence-electron chi connectivity index (χ3n) is 7.21. The van der Waals surface area contributed by atoms with Gasteiger partial charge in [0.25, 0.3) is 5.91 Å². The van der Waals surface area contributed by atoms with E-state index in [0.29, 0.717) is 24.0 Å². The van der Waals surface area contributed by atoms with Gasteiger partial charge >= 0.3 is 5.97 Å². The van der Waals surface area contributed by atoms with Gasteiger partial charge in [-0.2, -0.15) is 0 Å². The zero-order valence-corrected chi connectivity index (χ0v) is 22.4. The van der Waals surface area contributed by atoms with E-state index in [1.165, 1.54) is 5.56 Å². The summed E-state index contributed by atoms with van der Waals surface area (Å²) in [5, 5.41) is 14.9. The normalized spacial score (nSPS) is 15.0. The summed E-state index contributed by atoms with van der Waals surface area (Å²) in [6, 6.07) is 23.5. The van der Waals surface area contributed by atoms with Crippen molar-refractivity contribution in [1.29, 1.82) is 0 Å². The van der Waals surface area contributed by atoms with E-state index in [1.807, 2.05) is 18.2 Å². The quantitative estimate of drug-likeness (QED) is 0.389. The molecule has 0 aliphatic carbocycles. The van der Waals surface area contributed by atoms with Crippen LogP contribution in [0.15, 0.2) is 72.8 Å². The maximum absolute atomic E-state index is 13.1. The molecule has 1 amide bonds. The fraction of sp³-hybridized carbons (Fsp3) is 0.375. The first-order chi connectivity index (χ1) is 17.4. The highest BCUT2D eigenvalue weighted by Gasteiger charge is 2.36. The number of benzene rings is 3. The number of hydrogen-bond acceptors (Lipinski definition) is 4. The van der Waals surface area contributed by atoms with Gasteiger partial charge in [-0.1, -0.05) is 95.3 Å². The molecule has 0 aromatic heterocycles. The van der Waals surface area contributed by atoms with E-state index in [1.54, 1.807) is 18.2 Å². The highest BCUT2D eigenvalue weighted by molar-refractivity contribution is 5.99. The molecule has 1 aliphatic heterocycles. The SMILES string of the molecule is CC(C)(C)c1ccc(CC(O)(CNC(=O)c2ccc3c(c2)C(=O)OC3)CC(C)(C)c2ccccc2)cc1. The van der Waals surface area contributed by atoms with Crippen LogP contribution in [0.4, 0.5) is 0 Å². The van der Waals surface area contributed by atoms with Crippen molar-refractivity contribution in [3.05, 3.63) is 106 Å². The molecule has 0 saturated carbocycles. The molecule has 1 unspecified atom stereocenters. The lowest BCUT2D eigenvalue weighted by Gasteiger charge is -2.37. The third kappa shape index (κ3) is 6.28. The van der Waals surface area contributed by atoms with E-state index in [2.05, 4.69) is 76.3 Å². The second-order valence-corrected chi connectivity index (χ2v) is 11.9. The van der Waals surface area contributed by atoms with Gasteiger partial charge in [-0.25, -0.2) is 4.79 Å². The van der Waals surface area contributed by atoms with Crippen molar-refractivity contribution in [1.82, 2.24) is 5.32 Å². The zero-order valence-electron chi connectivity index (χ0n) is 22.4. The van der Waals surface area contributed by atoms with Gasteiger partial charge in [-0.05, 0) is 46.1 Å². The number of cyclic esters (lactones) is 1. The second kappa shape index (κ2) is 10.1. The number of aliphatic hydroxyl groups is 1. The molecule has 4 rings (SSSR count). The van der Waals surface area contributed by atoms with Crippen LogP contribution < -0.4 is 5.32 Å². The Hall–Kier alpha value is -3.44. The van der Waals surface area contributed by atoms with Crippen molar-refractivity contribution in [2.24, 2.45) is 0 Å². The van der Waals surface area contributed by atoms with E-state index in [0.717, 1.165) is 16.7 Å². The molecule has 1 aliphatic rings. The van der Waals surface area contributed by atoms with Crippen molar-refractivity contribution >= 4 is 11.9 Å². The number of ether oxygens (including phenoxy) is 1. The summed E-state index contributed by atoms with van der Waals surface area (Å²) in [7, 11) is 0. The first kappa shape index (κ1) is 26.6. The van der Waals surface area contributed by atoms with Crippen molar-refractivity contribution < 1.29 is 19.4 Å². The maximum atomic E-state index is 13.1. The molecular formula is C32H37NO4. The molecule has 5 nitrogen and oxygen atoms in total. The van der Waals surface area contributed by atoms with Crippen LogP contribution in [-0.2, 0) is 28.6 Å². The Balaban J connectivity index is 1.56. The van der Waals surface area contributed by atoms with Gasteiger partial charge < -0.3 is 15.2 Å². The number of rotatable bonds is 8. The second-order valence-electron chi connectivity index (χ2n) is 11.9. The van der Waals surface area contributed by atoms with Crippen molar-refractivity contribution in [3.63, 3.8) is 0 Å². The summed E-state index contributed by atoms with van der Waals surface area (Å²) >= 11 is 0. The number of fused-ring (bicyclic) bond motifs is 1. The highest BCUT2D eigenvalue weighted by Crippen LogP contribution is 2.34. The van der Waals surface area contributed by atoms with E-state index < -0.39 is 11.6 Å². The Morgan fingerprint density at radius 3 is 2.24 bits per heavy atom. The fourth-order valence-corrected chi connectivity index (χ4v) is 5.11. The van der Waals surface area contributed by atoms with E-state index in [-0.39, 0.29) is 29.9 Å². The van der Waals surface area contributed by atoms with Crippen LogP contribution in [0.25, 0.3) is 0 Å². The minimum absolute atomic E-state index is 0.0421. The predicted molar refractivity (Wildman–Crippen MR) is 146 cm³/mol. The number of hydrogen-bond donors (Lipinski definition) is 2. The van der Waals surface area contributed by atoms with Gasteiger partial charge in [0.05, 0.1) is 11.2 Å². The number of carbonyl (C=O) groups excluding carboxylic acids is 2. The highest BCUT2D eigenvalue weighted by atomic mass is 16.5. The zero-order chi connectivity index (χ0) is 26.8. The Kier molecular flexibility index (Phi) is 7.29. The van der Waals surface area contributed by atoms with Crippen LogP contribution in [-0.4, -0.2) is 29.1 Å². The van der Waals surface area contributed by atoms with Crippen LogP contribution in [0, 0.1) is 0 Å². The Morgan fingerprint density at radius 1 is 0.919 bits per heavy atom.